The van der Waals surface area contributed by atoms with Crippen LogP contribution < -0.4 is 10.2 Å². The summed E-state index contributed by atoms with van der Waals surface area (Å²) in [6.07, 6.45) is 2.21. The van der Waals surface area contributed by atoms with Gasteiger partial charge in [-0.2, -0.15) is 0 Å². The Kier molecular flexibility index (Phi) is 4.88. The fourth-order valence-electron chi connectivity index (χ4n) is 5.33. The van der Waals surface area contributed by atoms with Crippen molar-refractivity contribution in [1.29, 1.82) is 0 Å². The molecule has 0 bridgehead atoms. The van der Waals surface area contributed by atoms with Crippen LogP contribution in [0.1, 0.15) is 30.4 Å². The van der Waals surface area contributed by atoms with E-state index in [1.165, 1.54) is 36.4 Å². The number of piperidine rings is 1. The fourth-order valence-corrected chi connectivity index (χ4v) is 5.33. The molecule has 4 amide bonds. The van der Waals surface area contributed by atoms with Crippen molar-refractivity contribution in [2.45, 2.75) is 38.3 Å². The molecule has 9 nitrogen and oxygen atoms in total. The van der Waals surface area contributed by atoms with Crippen molar-refractivity contribution in [2.75, 3.05) is 11.4 Å². The standard InChI is InChI=1S/C23H21FN4O5/c24-16-6-4-14(5-7-16)13-27-21(30)23(20(29)25-22(27)31)12-15-11-17(28(32)33)8-9-18(15)26-10-2-1-3-19(23)26/h4-9,11,19H,1-3,10,12-13H2,(H,25,29,31)/t19-,23+/m0/s1. The number of urea groups is 1. The van der Waals surface area contributed by atoms with Crippen molar-refractivity contribution in [2.24, 2.45) is 5.41 Å². The Balaban J connectivity index is 1.59. The molecule has 1 N–H and O–H groups in total. The summed E-state index contributed by atoms with van der Waals surface area (Å²) in [7, 11) is 0. The molecule has 3 aliphatic rings. The van der Waals surface area contributed by atoms with Gasteiger partial charge in [0.05, 0.1) is 17.5 Å². The molecule has 0 unspecified atom stereocenters. The van der Waals surface area contributed by atoms with E-state index in [9.17, 15) is 28.9 Å². The number of nitro benzene ring substituents is 1. The van der Waals surface area contributed by atoms with Gasteiger partial charge in [0.2, 0.25) is 11.8 Å². The molecule has 2 aromatic rings. The van der Waals surface area contributed by atoms with E-state index in [0.29, 0.717) is 24.1 Å². The average molecular weight is 452 g/mol. The van der Waals surface area contributed by atoms with Gasteiger partial charge in [-0.25, -0.2) is 9.18 Å². The van der Waals surface area contributed by atoms with Crippen LogP contribution in [0.15, 0.2) is 42.5 Å². The third-order valence-electron chi connectivity index (χ3n) is 6.88. The van der Waals surface area contributed by atoms with Gasteiger partial charge in [0.15, 0.2) is 5.41 Å². The normalized spacial score (nSPS) is 24.4. The zero-order valence-corrected chi connectivity index (χ0v) is 17.6. The van der Waals surface area contributed by atoms with Crippen LogP contribution >= 0.6 is 0 Å². The van der Waals surface area contributed by atoms with E-state index >= 15 is 0 Å². The Morgan fingerprint density at radius 1 is 1.12 bits per heavy atom. The predicted octanol–water partition coefficient (Wildman–Crippen LogP) is 2.91. The number of rotatable bonds is 3. The van der Waals surface area contributed by atoms with Crippen LogP contribution in [0.3, 0.4) is 0 Å². The maximum absolute atomic E-state index is 13.9. The van der Waals surface area contributed by atoms with Crippen LogP contribution in [0.2, 0.25) is 0 Å². The minimum absolute atomic E-state index is 0.0386. The van der Waals surface area contributed by atoms with Crippen LogP contribution in [0.25, 0.3) is 0 Å². The number of hydrogen-bond donors (Lipinski definition) is 1. The molecule has 2 saturated heterocycles. The van der Waals surface area contributed by atoms with Crippen molar-refractivity contribution in [3.05, 3.63) is 69.5 Å². The van der Waals surface area contributed by atoms with Crippen LogP contribution in [0.5, 0.6) is 0 Å². The maximum Gasteiger partial charge on any atom is 0.331 e. The van der Waals surface area contributed by atoms with Crippen LogP contribution in [0.4, 0.5) is 20.6 Å². The van der Waals surface area contributed by atoms with Gasteiger partial charge in [0, 0.05) is 30.8 Å². The first kappa shape index (κ1) is 21.0. The number of fused-ring (bicyclic) bond motifs is 4. The minimum atomic E-state index is -1.59. The highest BCUT2D eigenvalue weighted by molar-refractivity contribution is 6.20. The van der Waals surface area contributed by atoms with E-state index in [-0.39, 0.29) is 18.7 Å². The first-order valence-corrected chi connectivity index (χ1v) is 10.8. The molecule has 2 atom stereocenters. The van der Waals surface area contributed by atoms with Crippen molar-refractivity contribution >= 4 is 29.2 Å². The summed E-state index contributed by atoms with van der Waals surface area (Å²) in [5, 5.41) is 13.7. The molecule has 5 rings (SSSR count). The molecule has 10 heteroatoms. The number of amides is 4. The topological polar surface area (TPSA) is 113 Å². The van der Waals surface area contributed by atoms with Gasteiger partial charge in [-0.15, -0.1) is 0 Å². The summed E-state index contributed by atoms with van der Waals surface area (Å²) in [6, 6.07) is 8.63. The summed E-state index contributed by atoms with van der Waals surface area (Å²) < 4.78 is 13.3. The van der Waals surface area contributed by atoms with Gasteiger partial charge < -0.3 is 4.90 Å². The zero-order chi connectivity index (χ0) is 23.3. The Bertz CT molecular complexity index is 1180. The second-order valence-electron chi connectivity index (χ2n) is 8.70. The first-order chi connectivity index (χ1) is 15.8. The summed E-state index contributed by atoms with van der Waals surface area (Å²) in [5.74, 6) is -1.75. The third kappa shape index (κ3) is 3.24. The summed E-state index contributed by atoms with van der Waals surface area (Å²) in [6.45, 7) is 0.484. The average Bonchev–Trinajstić information content (AvgIpc) is 2.81. The smallest absolute Gasteiger partial charge is 0.331 e. The summed E-state index contributed by atoms with van der Waals surface area (Å²) in [5.41, 5.74) is 0.135. The van der Waals surface area contributed by atoms with E-state index in [0.717, 1.165) is 23.4 Å². The quantitative estimate of drug-likeness (QED) is 0.435. The molecule has 1 spiro atoms. The van der Waals surface area contributed by atoms with Crippen LogP contribution in [-0.4, -0.2) is 40.3 Å². The highest BCUT2D eigenvalue weighted by Crippen LogP contribution is 2.48. The molecule has 0 aromatic heterocycles. The maximum atomic E-state index is 13.9. The number of anilines is 1. The molecule has 0 aliphatic carbocycles. The summed E-state index contributed by atoms with van der Waals surface area (Å²) >= 11 is 0. The van der Waals surface area contributed by atoms with Gasteiger partial charge in [-0.3, -0.25) is 29.9 Å². The third-order valence-corrected chi connectivity index (χ3v) is 6.88. The monoisotopic (exact) mass is 452 g/mol. The molecule has 2 aromatic carbocycles. The largest absolute Gasteiger partial charge is 0.367 e. The highest BCUT2D eigenvalue weighted by Gasteiger charge is 2.62. The Morgan fingerprint density at radius 2 is 1.88 bits per heavy atom. The lowest BCUT2D eigenvalue weighted by atomic mass is 9.66. The lowest BCUT2D eigenvalue weighted by molar-refractivity contribution is -0.384. The number of nitrogens with one attached hydrogen (secondary N) is 1. The Hall–Kier alpha value is -3.82. The molecular weight excluding hydrogens is 431 g/mol. The van der Waals surface area contributed by atoms with Crippen molar-refractivity contribution < 1.29 is 23.7 Å². The molecule has 3 aliphatic heterocycles. The van der Waals surface area contributed by atoms with Crippen LogP contribution in [-0.2, 0) is 22.6 Å². The van der Waals surface area contributed by atoms with E-state index in [2.05, 4.69) is 5.32 Å². The van der Waals surface area contributed by atoms with Crippen LogP contribution in [0, 0.1) is 21.3 Å². The number of barbiturate groups is 1. The van der Waals surface area contributed by atoms with Gasteiger partial charge in [0.1, 0.15) is 5.82 Å². The van der Waals surface area contributed by atoms with E-state index in [1.54, 1.807) is 6.07 Å². The number of hydrogen-bond acceptors (Lipinski definition) is 6. The van der Waals surface area contributed by atoms with Gasteiger partial charge in [-0.05, 0) is 48.6 Å². The number of nitro groups is 1. The number of non-ortho nitro benzene ring substituents is 1. The van der Waals surface area contributed by atoms with Crippen molar-refractivity contribution in [1.82, 2.24) is 10.2 Å². The first-order valence-electron chi connectivity index (χ1n) is 10.8. The second kappa shape index (κ2) is 7.65. The number of imide groups is 2. The molecule has 170 valence electrons. The highest BCUT2D eigenvalue weighted by atomic mass is 19.1. The molecule has 33 heavy (non-hydrogen) atoms. The SMILES string of the molecule is O=C1NC(=O)[C@]2(Cc3cc([N+](=O)[O-])ccc3N3CCCC[C@H]32)C(=O)N1Cc1ccc(F)cc1. The minimum Gasteiger partial charge on any atom is -0.367 e. The van der Waals surface area contributed by atoms with Crippen molar-refractivity contribution in [3.63, 3.8) is 0 Å². The molecule has 3 heterocycles. The molecule has 2 fully saturated rings. The number of carbonyl (C=O) groups excluding carboxylic acids is 3. The molecule has 0 radical (unpaired) electrons. The Morgan fingerprint density at radius 3 is 2.61 bits per heavy atom. The number of carbonyl (C=O) groups is 3. The number of nitrogens with zero attached hydrogens (tertiary/aromatic N) is 3. The lowest BCUT2D eigenvalue weighted by Gasteiger charge is -2.53. The van der Waals surface area contributed by atoms with Gasteiger partial charge in [-0.1, -0.05) is 12.1 Å². The van der Waals surface area contributed by atoms with Gasteiger partial charge >= 0.3 is 6.03 Å². The fraction of sp³-hybridized carbons (Fsp3) is 0.348. The van der Waals surface area contributed by atoms with E-state index in [4.69, 9.17) is 0 Å². The van der Waals surface area contributed by atoms with Crippen molar-refractivity contribution in [3.8, 4) is 0 Å². The molecule has 0 saturated carbocycles. The van der Waals surface area contributed by atoms with Gasteiger partial charge in [0.25, 0.3) is 5.69 Å². The number of halogens is 1. The zero-order valence-electron chi connectivity index (χ0n) is 17.6. The number of benzene rings is 2. The molecular formula is C23H21FN4O5. The predicted molar refractivity (Wildman–Crippen MR) is 115 cm³/mol. The summed E-state index contributed by atoms with van der Waals surface area (Å²) in [4.78, 5) is 53.7. The van der Waals surface area contributed by atoms with E-state index in [1.807, 2.05) is 4.90 Å². The second-order valence-corrected chi connectivity index (χ2v) is 8.70. The Labute approximate surface area is 188 Å². The lowest BCUT2D eigenvalue weighted by Crippen LogP contribution is -2.72. The van der Waals surface area contributed by atoms with E-state index < -0.39 is 40.0 Å².